The second-order valence-electron chi connectivity index (χ2n) is 4.27. The molecule has 2 aromatic carbocycles. The zero-order valence-electron chi connectivity index (χ0n) is 10.6. The van der Waals surface area contributed by atoms with Gasteiger partial charge < -0.3 is 10.3 Å². The van der Waals surface area contributed by atoms with Gasteiger partial charge in [-0.15, -0.1) is 0 Å². The molecule has 0 aliphatic rings. The van der Waals surface area contributed by atoms with Crippen molar-refractivity contribution in [2.24, 2.45) is 0 Å². The number of anilines is 1. The van der Waals surface area contributed by atoms with Crippen molar-refractivity contribution in [1.29, 1.82) is 5.41 Å². The van der Waals surface area contributed by atoms with E-state index >= 15 is 0 Å². The summed E-state index contributed by atoms with van der Waals surface area (Å²) in [5, 5.41) is 7.39. The fourth-order valence-corrected chi connectivity index (χ4v) is 1.95. The highest BCUT2D eigenvalue weighted by atomic mass is 15.1. The molecule has 1 N–H and O–H groups in total. The topological polar surface area (TPSA) is 27.1 Å². The van der Waals surface area contributed by atoms with Gasteiger partial charge in [-0.1, -0.05) is 42.5 Å². The molecule has 0 aliphatic heterocycles. The zero-order valence-corrected chi connectivity index (χ0v) is 10.6. The summed E-state index contributed by atoms with van der Waals surface area (Å²) in [5.74, 6) is 0. The van der Waals surface area contributed by atoms with E-state index in [4.69, 9.17) is 5.41 Å². The molecule has 2 heteroatoms. The number of rotatable bonds is 5. The average molecular weight is 237 g/mol. The molecule has 0 aliphatic carbocycles. The maximum Gasteiger partial charge on any atom is 0.0459 e. The quantitative estimate of drug-likeness (QED) is 0.795. The third kappa shape index (κ3) is 2.98. The van der Waals surface area contributed by atoms with Crippen LogP contribution in [-0.4, -0.2) is 19.8 Å². The first-order valence-electron chi connectivity index (χ1n) is 6.07. The normalized spacial score (nSPS) is 10.1. The van der Waals surface area contributed by atoms with Crippen LogP contribution < -0.4 is 4.90 Å². The van der Waals surface area contributed by atoms with Gasteiger partial charge in [0.1, 0.15) is 0 Å². The summed E-state index contributed by atoms with van der Waals surface area (Å²) in [6, 6.07) is 19.4. The van der Waals surface area contributed by atoms with E-state index in [2.05, 4.69) is 42.3 Å². The highest BCUT2D eigenvalue weighted by Crippen LogP contribution is 2.17. The Kier molecular flexibility index (Phi) is 4.13. The molecule has 2 aromatic rings. The Labute approximate surface area is 108 Å². The van der Waals surface area contributed by atoms with Gasteiger partial charge >= 0.3 is 0 Å². The summed E-state index contributed by atoms with van der Waals surface area (Å²) in [7, 11) is 2.05. The summed E-state index contributed by atoms with van der Waals surface area (Å²) < 4.78 is 0. The molecular weight excluding hydrogens is 220 g/mol. The van der Waals surface area contributed by atoms with Gasteiger partial charge in [-0.25, -0.2) is 0 Å². The van der Waals surface area contributed by atoms with Gasteiger partial charge in [-0.05, 0) is 24.1 Å². The molecule has 0 fully saturated rings. The summed E-state index contributed by atoms with van der Waals surface area (Å²) in [4.78, 5) is 2.17. The SMILES string of the molecule is CN(CCc1ccccc1)c1ccc[c]c1C=N. The lowest BCUT2D eigenvalue weighted by atomic mass is 10.1. The van der Waals surface area contributed by atoms with Gasteiger partial charge in [-0.2, -0.15) is 0 Å². The Morgan fingerprint density at radius 3 is 2.67 bits per heavy atom. The minimum absolute atomic E-state index is 0.841. The van der Waals surface area contributed by atoms with Crippen LogP contribution in [0.1, 0.15) is 11.1 Å². The van der Waals surface area contributed by atoms with Crippen LogP contribution in [-0.2, 0) is 6.42 Å². The van der Waals surface area contributed by atoms with E-state index in [0.717, 1.165) is 24.2 Å². The molecule has 0 amide bonds. The molecule has 0 unspecified atom stereocenters. The molecule has 0 saturated heterocycles. The lowest BCUT2D eigenvalue weighted by molar-refractivity contribution is 0.876. The van der Waals surface area contributed by atoms with Crippen molar-refractivity contribution < 1.29 is 0 Å². The number of hydrogen-bond donors (Lipinski definition) is 1. The third-order valence-corrected chi connectivity index (χ3v) is 3.00. The smallest absolute Gasteiger partial charge is 0.0459 e. The second-order valence-corrected chi connectivity index (χ2v) is 4.27. The predicted molar refractivity (Wildman–Crippen MR) is 76.6 cm³/mol. The summed E-state index contributed by atoms with van der Waals surface area (Å²) in [6.45, 7) is 0.933. The molecular formula is C16H17N2. The van der Waals surface area contributed by atoms with Crippen molar-refractivity contribution in [3.05, 3.63) is 65.7 Å². The van der Waals surface area contributed by atoms with Crippen molar-refractivity contribution in [3.8, 4) is 0 Å². The summed E-state index contributed by atoms with van der Waals surface area (Å²) in [5.41, 5.74) is 3.23. The minimum atomic E-state index is 0.841. The highest BCUT2D eigenvalue weighted by molar-refractivity contribution is 5.85. The number of likely N-dealkylation sites (N-methyl/N-ethyl adjacent to an activating group) is 1. The largest absolute Gasteiger partial charge is 0.374 e. The molecule has 2 nitrogen and oxygen atoms in total. The maximum atomic E-state index is 7.39. The third-order valence-electron chi connectivity index (χ3n) is 3.00. The van der Waals surface area contributed by atoms with Crippen molar-refractivity contribution in [2.45, 2.75) is 6.42 Å². The van der Waals surface area contributed by atoms with Crippen LogP contribution in [0.15, 0.2) is 48.5 Å². The molecule has 0 bridgehead atoms. The first-order valence-corrected chi connectivity index (χ1v) is 6.07. The van der Waals surface area contributed by atoms with E-state index in [9.17, 15) is 0 Å². The molecule has 0 saturated carbocycles. The summed E-state index contributed by atoms with van der Waals surface area (Å²) >= 11 is 0. The predicted octanol–water partition coefficient (Wildman–Crippen LogP) is 3.16. The van der Waals surface area contributed by atoms with Gasteiger partial charge in [0, 0.05) is 31.1 Å². The van der Waals surface area contributed by atoms with E-state index in [1.54, 1.807) is 0 Å². The van der Waals surface area contributed by atoms with Crippen molar-refractivity contribution in [2.75, 3.05) is 18.5 Å². The number of benzene rings is 2. The maximum absolute atomic E-state index is 7.39. The monoisotopic (exact) mass is 237 g/mol. The molecule has 2 rings (SSSR count). The lowest BCUT2D eigenvalue weighted by Gasteiger charge is -2.21. The van der Waals surface area contributed by atoms with Crippen LogP contribution in [0.2, 0.25) is 0 Å². The molecule has 1 radical (unpaired) electrons. The average Bonchev–Trinajstić information content (AvgIpc) is 2.45. The van der Waals surface area contributed by atoms with Gasteiger partial charge in [0.15, 0.2) is 0 Å². The number of hydrogen-bond acceptors (Lipinski definition) is 2. The summed E-state index contributed by atoms with van der Waals surface area (Å²) in [6.07, 6.45) is 2.36. The van der Waals surface area contributed by atoms with Crippen molar-refractivity contribution >= 4 is 11.9 Å². The molecule has 0 spiro atoms. The first-order chi connectivity index (χ1) is 8.81. The van der Waals surface area contributed by atoms with Crippen LogP contribution >= 0.6 is 0 Å². The first kappa shape index (κ1) is 12.4. The van der Waals surface area contributed by atoms with Crippen LogP contribution in [0.3, 0.4) is 0 Å². The Bertz CT molecular complexity index is 506. The van der Waals surface area contributed by atoms with Crippen LogP contribution in [0.5, 0.6) is 0 Å². The van der Waals surface area contributed by atoms with E-state index in [0.29, 0.717) is 0 Å². The van der Waals surface area contributed by atoms with Crippen LogP contribution in [0.4, 0.5) is 5.69 Å². The minimum Gasteiger partial charge on any atom is -0.374 e. The van der Waals surface area contributed by atoms with Crippen LogP contribution in [0, 0.1) is 11.5 Å². The van der Waals surface area contributed by atoms with E-state index in [-0.39, 0.29) is 0 Å². The fourth-order valence-electron chi connectivity index (χ4n) is 1.95. The van der Waals surface area contributed by atoms with Crippen molar-refractivity contribution in [3.63, 3.8) is 0 Å². The Morgan fingerprint density at radius 1 is 1.17 bits per heavy atom. The van der Waals surface area contributed by atoms with Crippen molar-refractivity contribution in [1.82, 2.24) is 0 Å². The van der Waals surface area contributed by atoms with Crippen LogP contribution in [0.25, 0.3) is 0 Å². The molecule has 0 heterocycles. The van der Waals surface area contributed by atoms with E-state index < -0.39 is 0 Å². The highest BCUT2D eigenvalue weighted by Gasteiger charge is 2.05. The Balaban J connectivity index is 2.04. The standard InChI is InChI=1S/C16H17N2/c1-18(12-11-14-7-3-2-4-8-14)16-10-6-5-9-15(16)13-17/h2-8,10,13,17H,11-12H2,1H3. The van der Waals surface area contributed by atoms with E-state index in [1.807, 2.05) is 24.3 Å². The van der Waals surface area contributed by atoms with E-state index in [1.165, 1.54) is 11.8 Å². The Hall–Kier alpha value is -2.09. The Morgan fingerprint density at radius 2 is 1.94 bits per heavy atom. The molecule has 18 heavy (non-hydrogen) atoms. The number of nitrogens with one attached hydrogen (secondary N) is 1. The fraction of sp³-hybridized carbons (Fsp3) is 0.188. The second kappa shape index (κ2) is 6.01. The van der Waals surface area contributed by atoms with Gasteiger partial charge in [0.25, 0.3) is 0 Å². The van der Waals surface area contributed by atoms with Gasteiger partial charge in [0.05, 0.1) is 0 Å². The molecule has 91 valence electrons. The molecule has 0 atom stereocenters. The van der Waals surface area contributed by atoms with Gasteiger partial charge in [-0.3, -0.25) is 0 Å². The zero-order chi connectivity index (χ0) is 12.8. The molecule has 0 aromatic heterocycles. The lowest BCUT2D eigenvalue weighted by Crippen LogP contribution is -2.21. The van der Waals surface area contributed by atoms with Gasteiger partial charge in [0.2, 0.25) is 0 Å². The number of nitrogens with zero attached hydrogens (tertiary/aromatic N) is 1.